The van der Waals surface area contributed by atoms with Gasteiger partial charge in [0.15, 0.2) is 0 Å². The fourth-order valence-electron chi connectivity index (χ4n) is 2.33. The first-order chi connectivity index (χ1) is 9.10. The quantitative estimate of drug-likeness (QED) is 0.768. The van der Waals surface area contributed by atoms with Crippen LogP contribution in [0, 0.1) is 5.92 Å². The number of hydrogen-bond donors (Lipinski definition) is 0. The normalized spacial score (nSPS) is 22.9. The largest absolute Gasteiger partial charge is 0.489 e. The second-order valence-electron chi connectivity index (χ2n) is 4.69. The summed E-state index contributed by atoms with van der Waals surface area (Å²) in [4.78, 5) is 11.4. The summed E-state index contributed by atoms with van der Waals surface area (Å²) in [6, 6.07) is 5.58. The fraction of sp³-hybridized carbons (Fsp3) is 0.500. The Bertz CT molecular complexity index is 456. The molecular weight excluding hydrogens is 332 g/mol. The van der Waals surface area contributed by atoms with Crippen LogP contribution in [0.15, 0.2) is 22.7 Å². The molecule has 1 aromatic rings. The maximum atomic E-state index is 11.4. The average Bonchev–Trinajstić information content (AvgIpc) is 2.42. The predicted octanol–water partition coefficient (Wildman–Crippen LogP) is 4.21. The first kappa shape index (κ1) is 14.7. The van der Waals surface area contributed by atoms with Crippen molar-refractivity contribution in [3.05, 3.63) is 27.7 Å². The van der Waals surface area contributed by atoms with E-state index in [1.807, 2.05) is 18.2 Å². The van der Waals surface area contributed by atoms with Gasteiger partial charge in [0, 0.05) is 4.47 Å². The molecule has 1 saturated carbocycles. The molecule has 0 bridgehead atoms. The number of carbonyl (C=O) groups excluding carboxylic acids is 1. The number of benzene rings is 1. The maximum Gasteiger partial charge on any atom is 0.308 e. The van der Waals surface area contributed by atoms with Crippen molar-refractivity contribution in [2.45, 2.75) is 31.8 Å². The third-order valence-corrected chi connectivity index (χ3v) is 4.18. The molecule has 0 aromatic heterocycles. The van der Waals surface area contributed by atoms with E-state index in [1.54, 1.807) is 0 Å². The summed E-state index contributed by atoms with van der Waals surface area (Å²) in [5, 5.41) is 0.601. The molecular formula is C14H16BrClO3. The van der Waals surface area contributed by atoms with Crippen molar-refractivity contribution in [2.75, 3.05) is 7.11 Å². The monoisotopic (exact) mass is 346 g/mol. The number of halogens is 2. The van der Waals surface area contributed by atoms with Crippen molar-refractivity contribution in [1.82, 2.24) is 0 Å². The second-order valence-corrected chi connectivity index (χ2v) is 6.01. The first-order valence-corrected chi connectivity index (χ1v) is 7.46. The molecule has 1 aliphatic rings. The van der Waals surface area contributed by atoms with E-state index in [0.717, 1.165) is 30.2 Å². The van der Waals surface area contributed by atoms with E-state index in [2.05, 4.69) is 15.9 Å². The van der Waals surface area contributed by atoms with Crippen LogP contribution < -0.4 is 4.74 Å². The lowest BCUT2D eigenvalue weighted by Gasteiger charge is -2.27. The van der Waals surface area contributed by atoms with E-state index in [4.69, 9.17) is 21.1 Å². The van der Waals surface area contributed by atoms with Gasteiger partial charge in [0.25, 0.3) is 0 Å². The minimum absolute atomic E-state index is 0.0187. The molecule has 0 amide bonds. The van der Waals surface area contributed by atoms with Crippen molar-refractivity contribution in [2.24, 2.45) is 5.92 Å². The highest BCUT2D eigenvalue weighted by molar-refractivity contribution is 9.10. The molecule has 0 unspecified atom stereocenters. The van der Waals surface area contributed by atoms with Crippen LogP contribution in [0.25, 0.3) is 0 Å². The number of ether oxygens (including phenoxy) is 2. The summed E-state index contributed by atoms with van der Waals surface area (Å²) in [6.45, 7) is 0. The average molecular weight is 348 g/mol. The molecule has 0 atom stereocenters. The van der Waals surface area contributed by atoms with Gasteiger partial charge in [-0.05, 0) is 43.9 Å². The van der Waals surface area contributed by atoms with Crippen LogP contribution in [0.3, 0.4) is 0 Å². The highest BCUT2D eigenvalue weighted by Crippen LogP contribution is 2.32. The fourth-order valence-corrected chi connectivity index (χ4v) is 3.05. The smallest absolute Gasteiger partial charge is 0.308 e. The summed E-state index contributed by atoms with van der Waals surface area (Å²) < 4.78 is 11.6. The molecule has 1 fully saturated rings. The number of hydrogen-bond acceptors (Lipinski definition) is 3. The van der Waals surface area contributed by atoms with E-state index < -0.39 is 0 Å². The Labute approximate surface area is 126 Å². The van der Waals surface area contributed by atoms with E-state index in [1.165, 1.54) is 7.11 Å². The van der Waals surface area contributed by atoms with Crippen molar-refractivity contribution >= 4 is 33.5 Å². The van der Waals surface area contributed by atoms with Crippen molar-refractivity contribution in [3.63, 3.8) is 0 Å². The minimum Gasteiger partial charge on any atom is -0.489 e. The van der Waals surface area contributed by atoms with Gasteiger partial charge in [-0.25, -0.2) is 0 Å². The topological polar surface area (TPSA) is 35.5 Å². The number of rotatable bonds is 3. The van der Waals surface area contributed by atoms with E-state index >= 15 is 0 Å². The summed E-state index contributed by atoms with van der Waals surface area (Å²) in [6.07, 6.45) is 3.45. The zero-order valence-electron chi connectivity index (χ0n) is 10.7. The van der Waals surface area contributed by atoms with Crippen molar-refractivity contribution in [3.8, 4) is 5.75 Å². The lowest BCUT2D eigenvalue weighted by atomic mass is 9.87. The second kappa shape index (κ2) is 6.62. The van der Waals surface area contributed by atoms with Crippen LogP contribution in [0.2, 0.25) is 5.02 Å². The van der Waals surface area contributed by atoms with Crippen molar-refractivity contribution in [1.29, 1.82) is 0 Å². The summed E-state index contributed by atoms with van der Waals surface area (Å²) in [5.74, 6) is 0.608. The summed E-state index contributed by atoms with van der Waals surface area (Å²) in [5.41, 5.74) is 0. The van der Waals surface area contributed by atoms with Gasteiger partial charge in [-0.1, -0.05) is 27.5 Å². The number of esters is 1. The molecule has 1 aromatic carbocycles. The van der Waals surface area contributed by atoms with Gasteiger partial charge in [-0.2, -0.15) is 0 Å². The number of carbonyl (C=O) groups is 1. The van der Waals surface area contributed by atoms with Gasteiger partial charge in [-0.3, -0.25) is 4.79 Å². The van der Waals surface area contributed by atoms with Crippen LogP contribution in [-0.2, 0) is 9.53 Å². The SMILES string of the molecule is COC(=O)C1CCC(Oc2ccc(Br)cc2Cl)CC1. The van der Waals surface area contributed by atoms with Crippen molar-refractivity contribution < 1.29 is 14.3 Å². The summed E-state index contributed by atoms with van der Waals surface area (Å²) in [7, 11) is 1.44. The van der Waals surface area contributed by atoms with E-state index in [0.29, 0.717) is 10.8 Å². The Balaban J connectivity index is 1.90. The van der Waals surface area contributed by atoms with Crippen LogP contribution in [0.4, 0.5) is 0 Å². The molecule has 2 rings (SSSR count). The third kappa shape index (κ3) is 3.86. The number of methoxy groups -OCH3 is 1. The van der Waals surface area contributed by atoms with Gasteiger partial charge in [0.2, 0.25) is 0 Å². The molecule has 0 heterocycles. The molecule has 1 aliphatic carbocycles. The maximum absolute atomic E-state index is 11.4. The Morgan fingerprint density at radius 2 is 2.00 bits per heavy atom. The molecule has 0 radical (unpaired) electrons. The molecule has 104 valence electrons. The van der Waals surface area contributed by atoms with Gasteiger partial charge in [0.1, 0.15) is 5.75 Å². The first-order valence-electron chi connectivity index (χ1n) is 6.29. The Morgan fingerprint density at radius 3 is 2.58 bits per heavy atom. The molecule has 0 saturated heterocycles. The molecule has 3 nitrogen and oxygen atoms in total. The van der Waals surface area contributed by atoms with E-state index in [-0.39, 0.29) is 18.0 Å². The van der Waals surface area contributed by atoms with Gasteiger partial charge in [-0.15, -0.1) is 0 Å². The Kier molecular flexibility index (Phi) is 5.11. The molecule has 0 aliphatic heterocycles. The van der Waals surface area contributed by atoms with E-state index in [9.17, 15) is 4.79 Å². The minimum atomic E-state index is -0.111. The van der Waals surface area contributed by atoms with Gasteiger partial charge < -0.3 is 9.47 Å². The molecule has 5 heteroatoms. The zero-order chi connectivity index (χ0) is 13.8. The highest BCUT2D eigenvalue weighted by Gasteiger charge is 2.28. The van der Waals surface area contributed by atoms with Crippen LogP contribution in [0.1, 0.15) is 25.7 Å². The van der Waals surface area contributed by atoms with Gasteiger partial charge in [0.05, 0.1) is 24.2 Å². The van der Waals surface area contributed by atoms with Gasteiger partial charge >= 0.3 is 5.97 Å². The molecule has 0 spiro atoms. The third-order valence-electron chi connectivity index (χ3n) is 3.40. The predicted molar refractivity (Wildman–Crippen MR) is 77.5 cm³/mol. The van der Waals surface area contributed by atoms with Crippen LogP contribution in [0.5, 0.6) is 5.75 Å². The zero-order valence-corrected chi connectivity index (χ0v) is 13.0. The molecule has 19 heavy (non-hydrogen) atoms. The lowest BCUT2D eigenvalue weighted by molar-refractivity contribution is -0.147. The lowest BCUT2D eigenvalue weighted by Crippen LogP contribution is -2.28. The van der Waals surface area contributed by atoms with Crippen LogP contribution >= 0.6 is 27.5 Å². The molecule has 0 N–H and O–H groups in total. The Hall–Kier alpha value is -0.740. The highest BCUT2D eigenvalue weighted by atomic mass is 79.9. The van der Waals surface area contributed by atoms with Crippen LogP contribution in [-0.4, -0.2) is 19.2 Å². The summed E-state index contributed by atoms with van der Waals surface area (Å²) >= 11 is 9.48. The Morgan fingerprint density at radius 1 is 1.32 bits per heavy atom. The standard InChI is InChI=1S/C14H16BrClO3/c1-18-14(17)9-2-5-11(6-3-9)19-13-7-4-10(15)8-12(13)16/h4,7-9,11H,2-3,5-6H2,1H3.